The Kier molecular flexibility index (Phi) is 6.01. The maximum Gasteiger partial charge on any atom is 0.216 e. The van der Waals surface area contributed by atoms with Crippen LogP contribution >= 0.6 is 0 Å². The molecular weight excluding hydrogens is 487 g/mol. The molecule has 3 heterocycles. The number of halogens is 1. The molecule has 2 N–H and O–H groups in total. The summed E-state index contributed by atoms with van der Waals surface area (Å²) >= 11 is 0. The van der Waals surface area contributed by atoms with Crippen LogP contribution in [0.3, 0.4) is 0 Å². The monoisotopic (exact) mass is 522 g/mol. The van der Waals surface area contributed by atoms with Gasteiger partial charge in [-0.1, -0.05) is 5.21 Å². The molecule has 38 heavy (non-hydrogen) atoms. The number of hydrogen-bond acceptors (Lipinski definition) is 7. The summed E-state index contributed by atoms with van der Waals surface area (Å²) in [6.45, 7) is 2.19. The molecule has 5 fully saturated rings. The topological polar surface area (TPSA) is 99.2 Å². The fourth-order valence-electron chi connectivity index (χ4n) is 7.95. The van der Waals surface area contributed by atoms with Crippen molar-refractivity contribution < 1.29 is 19.0 Å². The molecule has 1 aliphatic heterocycles. The van der Waals surface area contributed by atoms with Crippen LogP contribution in [0.25, 0.3) is 0 Å². The second-order valence-electron chi connectivity index (χ2n) is 12.0. The highest BCUT2D eigenvalue weighted by atomic mass is 19.1. The van der Waals surface area contributed by atoms with Crippen molar-refractivity contribution in [1.29, 1.82) is 0 Å². The molecule has 2 aromatic heterocycles. The molecule has 8 rings (SSSR count). The molecule has 0 radical (unpaired) electrons. The van der Waals surface area contributed by atoms with Gasteiger partial charge in [0.15, 0.2) is 0 Å². The van der Waals surface area contributed by atoms with Gasteiger partial charge in [0, 0.05) is 48.7 Å². The van der Waals surface area contributed by atoms with Crippen LogP contribution in [-0.4, -0.2) is 54.4 Å². The molecule has 5 aliphatic rings. The molecule has 1 saturated heterocycles. The Hall–Kier alpha value is -2.82. The lowest BCUT2D eigenvalue weighted by Crippen LogP contribution is -2.58. The summed E-state index contributed by atoms with van der Waals surface area (Å²) in [6, 6.07) is 4.03. The van der Waals surface area contributed by atoms with Gasteiger partial charge < -0.3 is 24.5 Å². The van der Waals surface area contributed by atoms with Crippen LogP contribution in [0, 0.1) is 23.6 Å². The zero-order valence-corrected chi connectivity index (χ0v) is 21.5. The van der Waals surface area contributed by atoms with E-state index in [0.29, 0.717) is 12.0 Å². The lowest BCUT2D eigenvalue weighted by molar-refractivity contribution is -0.188. The van der Waals surface area contributed by atoms with E-state index < -0.39 is 11.6 Å². The summed E-state index contributed by atoms with van der Waals surface area (Å²) in [7, 11) is 0. The van der Waals surface area contributed by atoms with Gasteiger partial charge in [0.05, 0.1) is 37.8 Å². The molecular formula is C28H35FN6O3. The number of phenols is 1. The van der Waals surface area contributed by atoms with Gasteiger partial charge in [-0.05, 0) is 68.4 Å². The third-order valence-corrected chi connectivity index (χ3v) is 9.07. The molecule has 9 nitrogen and oxygen atoms in total. The molecule has 0 spiro atoms. The number of aromatic hydroxyl groups is 1. The fraction of sp³-hybridized carbons (Fsp3) is 0.607. The quantitative estimate of drug-likeness (QED) is 0.445. The van der Waals surface area contributed by atoms with Gasteiger partial charge >= 0.3 is 0 Å². The van der Waals surface area contributed by atoms with E-state index in [1.54, 1.807) is 23.3 Å². The van der Waals surface area contributed by atoms with Gasteiger partial charge in [-0.2, -0.15) is 0 Å². The number of hydrogen-bond donors (Lipinski definition) is 2. The number of rotatable bonds is 9. The van der Waals surface area contributed by atoms with E-state index in [9.17, 15) is 9.50 Å². The summed E-state index contributed by atoms with van der Waals surface area (Å²) in [5.74, 6) is 0.723. The van der Waals surface area contributed by atoms with Gasteiger partial charge in [0.1, 0.15) is 11.6 Å². The van der Waals surface area contributed by atoms with Crippen molar-refractivity contribution in [3.05, 3.63) is 60.2 Å². The number of benzene rings is 1. The van der Waals surface area contributed by atoms with Crippen molar-refractivity contribution in [2.45, 2.75) is 75.5 Å². The third-order valence-electron chi connectivity index (χ3n) is 9.07. The Morgan fingerprint density at radius 2 is 1.92 bits per heavy atom. The minimum Gasteiger partial charge on any atom is -0.508 e. The molecule has 3 aromatic rings. The van der Waals surface area contributed by atoms with E-state index in [0.717, 1.165) is 42.6 Å². The Balaban J connectivity index is 0.986. The SMILES string of the molecule is Oc1ccc([C@@]2(Cn3ccnc3)OC[C@H](Cc3cn(CCNC45CC6CC(CC(C6)C4)C5)nn3)O2)c(F)c1. The number of ether oxygens (including phenoxy) is 2. The number of imidazole rings is 1. The lowest BCUT2D eigenvalue weighted by Gasteiger charge is -2.57. The molecule has 1 aromatic carbocycles. The number of nitrogens with one attached hydrogen (secondary N) is 1. The molecule has 2 atom stereocenters. The zero-order valence-electron chi connectivity index (χ0n) is 21.5. The number of phenolic OH excluding ortho intramolecular Hbond substituents is 1. The standard InChI is InChI=1S/C28H35FN6O3/c29-26-11-23(36)1-2-25(26)28(17-34-5-3-30-18-34)37-16-24(38-28)10-22-15-35(33-32-22)6-4-31-27-12-19-7-20(13-27)9-21(8-19)14-27/h1-3,5,11,15,18-21,24,31,36H,4,6-10,12-14,16-17H2/t19?,20?,21?,24-,27?,28-/m0/s1. The summed E-state index contributed by atoms with van der Waals surface area (Å²) in [4.78, 5) is 4.08. The van der Waals surface area contributed by atoms with E-state index in [1.165, 1.54) is 50.7 Å². The molecule has 0 amide bonds. The van der Waals surface area contributed by atoms with Crippen molar-refractivity contribution in [2.75, 3.05) is 13.2 Å². The van der Waals surface area contributed by atoms with Gasteiger partial charge in [0.25, 0.3) is 0 Å². The average molecular weight is 523 g/mol. The fourth-order valence-corrected chi connectivity index (χ4v) is 7.95. The highest BCUT2D eigenvalue weighted by Crippen LogP contribution is 2.55. The summed E-state index contributed by atoms with van der Waals surface area (Å²) in [6.07, 6.45) is 15.6. The second-order valence-corrected chi connectivity index (χ2v) is 12.0. The van der Waals surface area contributed by atoms with Crippen molar-refractivity contribution in [3.63, 3.8) is 0 Å². The molecule has 4 aliphatic carbocycles. The molecule has 202 valence electrons. The van der Waals surface area contributed by atoms with Crippen LogP contribution in [0.15, 0.2) is 43.1 Å². The molecule has 10 heteroatoms. The van der Waals surface area contributed by atoms with Crippen LogP contribution in [0.5, 0.6) is 5.75 Å². The Bertz CT molecular complexity index is 1240. The average Bonchev–Trinajstić information content (AvgIpc) is 3.61. The summed E-state index contributed by atoms with van der Waals surface area (Å²) in [5, 5.41) is 22.4. The molecule has 4 bridgehead atoms. The van der Waals surface area contributed by atoms with Crippen LogP contribution in [0.4, 0.5) is 4.39 Å². The van der Waals surface area contributed by atoms with Crippen molar-refractivity contribution in [1.82, 2.24) is 29.9 Å². The van der Waals surface area contributed by atoms with E-state index >= 15 is 0 Å². The first-order valence-electron chi connectivity index (χ1n) is 13.9. The number of nitrogens with zero attached hydrogens (tertiary/aromatic N) is 5. The number of aromatic nitrogens is 5. The third kappa shape index (κ3) is 4.63. The van der Waals surface area contributed by atoms with E-state index in [1.807, 2.05) is 10.9 Å². The smallest absolute Gasteiger partial charge is 0.216 e. The largest absolute Gasteiger partial charge is 0.508 e. The van der Waals surface area contributed by atoms with Gasteiger partial charge in [-0.15, -0.1) is 5.10 Å². The maximum atomic E-state index is 14.9. The highest BCUT2D eigenvalue weighted by Gasteiger charge is 2.50. The van der Waals surface area contributed by atoms with Gasteiger partial charge in [-0.3, -0.25) is 4.68 Å². The zero-order chi connectivity index (χ0) is 25.7. The van der Waals surface area contributed by atoms with Crippen molar-refractivity contribution in [2.24, 2.45) is 17.8 Å². The lowest BCUT2D eigenvalue weighted by atomic mass is 9.53. The Morgan fingerprint density at radius 3 is 2.63 bits per heavy atom. The van der Waals surface area contributed by atoms with Crippen LogP contribution in [-0.2, 0) is 34.8 Å². The van der Waals surface area contributed by atoms with Crippen molar-refractivity contribution >= 4 is 0 Å². The molecule has 0 unspecified atom stereocenters. The van der Waals surface area contributed by atoms with Crippen LogP contribution in [0.2, 0.25) is 0 Å². The van der Waals surface area contributed by atoms with E-state index in [2.05, 4.69) is 20.6 Å². The predicted molar refractivity (Wildman–Crippen MR) is 135 cm³/mol. The maximum absolute atomic E-state index is 14.9. The van der Waals surface area contributed by atoms with Crippen LogP contribution < -0.4 is 5.32 Å². The van der Waals surface area contributed by atoms with Crippen molar-refractivity contribution in [3.8, 4) is 5.75 Å². The minimum atomic E-state index is -1.33. The Morgan fingerprint density at radius 1 is 1.13 bits per heavy atom. The summed E-state index contributed by atoms with van der Waals surface area (Å²) in [5.41, 5.74) is 1.40. The van der Waals surface area contributed by atoms with E-state index in [-0.39, 0.29) is 30.6 Å². The normalized spacial score (nSPS) is 33.8. The van der Waals surface area contributed by atoms with E-state index in [4.69, 9.17) is 9.47 Å². The highest BCUT2D eigenvalue weighted by molar-refractivity contribution is 5.31. The first-order valence-corrected chi connectivity index (χ1v) is 13.9. The second kappa shape index (κ2) is 9.43. The van der Waals surface area contributed by atoms with Gasteiger partial charge in [0.2, 0.25) is 5.79 Å². The summed E-state index contributed by atoms with van der Waals surface area (Å²) < 4.78 is 31.1. The van der Waals surface area contributed by atoms with Gasteiger partial charge in [-0.25, -0.2) is 9.37 Å². The Labute approximate surface area is 221 Å². The first kappa shape index (κ1) is 24.2. The van der Waals surface area contributed by atoms with Crippen LogP contribution in [0.1, 0.15) is 49.8 Å². The predicted octanol–water partition coefficient (Wildman–Crippen LogP) is 3.39. The minimum absolute atomic E-state index is 0.145. The molecule has 4 saturated carbocycles. The first-order chi connectivity index (χ1) is 18.5.